The van der Waals surface area contributed by atoms with Gasteiger partial charge in [-0.25, -0.2) is 0 Å². The Labute approximate surface area is 94.5 Å². The average Bonchev–Trinajstić information content (AvgIpc) is 2.27. The number of amides is 1. The van der Waals surface area contributed by atoms with E-state index >= 15 is 0 Å². The third-order valence-electron chi connectivity index (χ3n) is 2.00. The van der Waals surface area contributed by atoms with Gasteiger partial charge in [0.25, 0.3) is 0 Å². The molecule has 0 aliphatic rings. The van der Waals surface area contributed by atoms with E-state index in [0.29, 0.717) is 12.8 Å². The van der Waals surface area contributed by atoms with Crippen LogP contribution in [0.5, 0.6) is 0 Å². The molecule has 0 saturated carbocycles. The summed E-state index contributed by atoms with van der Waals surface area (Å²) < 4.78 is 0. The minimum Gasteiger partial charge on any atom is -0.348 e. The lowest BCUT2D eigenvalue weighted by Gasteiger charge is -2.15. The van der Waals surface area contributed by atoms with Gasteiger partial charge in [0, 0.05) is 18.9 Å². The second-order valence-electron chi connectivity index (χ2n) is 3.50. The number of hydrogen-bond acceptors (Lipinski definition) is 4. The highest BCUT2D eigenvalue weighted by Crippen LogP contribution is 2.00. The lowest BCUT2D eigenvalue weighted by Crippen LogP contribution is -2.35. The van der Waals surface area contributed by atoms with Crippen molar-refractivity contribution in [1.29, 1.82) is 0 Å². The van der Waals surface area contributed by atoms with Crippen LogP contribution in [0.25, 0.3) is 0 Å². The Kier molecular flexibility index (Phi) is 5.15. The zero-order valence-corrected chi connectivity index (χ0v) is 9.22. The predicted molar refractivity (Wildman–Crippen MR) is 59.6 cm³/mol. The van der Waals surface area contributed by atoms with E-state index in [1.807, 2.05) is 24.1 Å². The molecule has 0 unspecified atom stereocenters. The number of carbonyl (C=O) groups is 2. The standard InChI is InChI=1S/C11H15N3O2/c1-14(9-11(16)13-6-7-15)8-10-2-4-12-5-3-10/h2-5,7H,6,8-9H2,1H3,(H,13,16). The number of aldehydes is 1. The van der Waals surface area contributed by atoms with Crippen LogP contribution in [-0.4, -0.2) is 42.2 Å². The number of aromatic nitrogens is 1. The van der Waals surface area contributed by atoms with Gasteiger partial charge in [0.05, 0.1) is 13.1 Å². The van der Waals surface area contributed by atoms with Crippen molar-refractivity contribution >= 4 is 12.2 Å². The van der Waals surface area contributed by atoms with Gasteiger partial charge in [-0.1, -0.05) is 0 Å². The van der Waals surface area contributed by atoms with Crippen LogP contribution in [-0.2, 0) is 16.1 Å². The molecule has 1 aromatic rings. The SMILES string of the molecule is CN(CC(=O)NCC=O)Cc1ccncc1. The molecule has 0 fully saturated rings. The number of hydrogen-bond donors (Lipinski definition) is 1. The Morgan fingerprint density at radius 2 is 2.19 bits per heavy atom. The average molecular weight is 221 g/mol. The van der Waals surface area contributed by atoms with E-state index in [1.165, 1.54) is 0 Å². The second-order valence-corrected chi connectivity index (χ2v) is 3.50. The third kappa shape index (κ3) is 4.65. The zero-order chi connectivity index (χ0) is 11.8. The van der Waals surface area contributed by atoms with Crippen molar-refractivity contribution in [3.8, 4) is 0 Å². The van der Waals surface area contributed by atoms with Crippen molar-refractivity contribution in [3.63, 3.8) is 0 Å². The van der Waals surface area contributed by atoms with E-state index in [9.17, 15) is 9.59 Å². The van der Waals surface area contributed by atoms with Crippen molar-refractivity contribution < 1.29 is 9.59 Å². The van der Waals surface area contributed by atoms with E-state index in [4.69, 9.17) is 0 Å². The van der Waals surface area contributed by atoms with Crippen LogP contribution < -0.4 is 5.32 Å². The van der Waals surface area contributed by atoms with Crippen LogP contribution in [0.1, 0.15) is 5.56 Å². The van der Waals surface area contributed by atoms with Gasteiger partial charge >= 0.3 is 0 Å². The molecule has 0 atom stereocenters. The minimum absolute atomic E-state index is 0.0714. The fourth-order valence-electron chi connectivity index (χ4n) is 1.31. The van der Waals surface area contributed by atoms with Crippen LogP contribution in [0.15, 0.2) is 24.5 Å². The number of pyridine rings is 1. The van der Waals surface area contributed by atoms with Gasteiger partial charge in [-0.2, -0.15) is 0 Å². The van der Waals surface area contributed by atoms with E-state index in [0.717, 1.165) is 5.56 Å². The first-order valence-electron chi connectivity index (χ1n) is 5.00. The summed E-state index contributed by atoms with van der Waals surface area (Å²) in [5.41, 5.74) is 1.10. The summed E-state index contributed by atoms with van der Waals surface area (Å²) in [4.78, 5) is 27.1. The van der Waals surface area contributed by atoms with Gasteiger partial charge in [0.1, 0.15) is 6.29 Å². The summed E-state index contributed by atoms with van der Waals surface area (Å²) in [6.07, 6.45) is 4.10. The number of carbonyl (C=O) groups excluding carboxylic acids is 2. The summed E-state index contributed by atoms with van der Waals surface area (Å²) in [6, 6.07) is 3.81. The Morgan fingerprint density at radius 1 is 1.50 bits per heavy atom. The molecule has 1 aromatic heterocycles. The summed E-state index contributed by atoms with van der Waals surface area (Å²) >= 11 is 0. The molecule has 0 spiro atoms. The highest BCUT2D eigenvalue weighted by Gasteiger charge is 2.05. The minimum atomic E-state index is -0.149. The molecule has 16 heavy (non-hydrogen) atoms. The first-order valence-corrected chi connectivity index (χ1v) is 5.00. The molecule has 0 aliphatic carbocycles. The van der Waals surface area contributed by atoms with Gasteiger partial charge in [0.15, 0.2) is 0 Å². The maximum absolute atomic E-state index is 11.3. The Morgan fingerprint density at radius 3 is 2.81 bits per heavy atom. The van der Waals surface area contributed by atoms with Gasteiger partial charge in [0.2, 0.25) is 5.91 Å². The van der Waals surface area contributed by atoms with Crippen molar-refractivity contribution in [1.82, 2.24) is 15.2 Å². The third-order valence-corrected chi connectivity index (χ3v) is 2.00. The molecule has 0 aromatic carbocycles. The van der Waals surface area contributed by atoms with Gasteiger partial charge < -0.3 is 10.1 Å². The fourth-order valence-corrected chi connectivity index (χ4v) is 1.31. The summed E-state index contributed by atoms with van der Waals surface area (Å²) in [7, 11) is 1.85. The van der Waals surface area contributed by atoms with Crippen molar-refractivity contribution in [3.05, 3.63) is 30.1 Å². The highest BCUT2D eigenvalue weighted by atomic mass is 16.2. The Balaban J connectivity index is 2.33. The molecule has 1 rings (SSSR count). The molecule has 0 bridgehead atoms. The summed E-state index contributed by atoms with van der Waals surface area (Å²) in [6.45, 7) is 1.02. The van der Waals surface area contributed by atoms with Crippen molar-refractivity contribution in [2.45, 2.75) is 6.54 Å². The van der Waals surface area contributed by atoms with Crippen LogP contribution in [0.4, 0.5) is 0 Å². The Bertz CT molecular complexity index is 340. The second kappa shape index (κ2) is 6.68. The van der Waals surface area contributed by atoms with E-state index in [2.05, 4.69) is 10.3 Å². The molecule has 86 valence electrons. The van der Waals surface area contributed by atoms with Crippen molar-refractivity contribution in [2.75, 3.05) is 20.1 Å². The van der Waals surface area contributed by atoms with Crippen molar-refractivity contribution in [2.24, 2.45) is 0 Å². The molecular weight excluding hydrogens is 206 g/mol. The molecule has 0 aliphatic heterocycles. The van der Waals surface area contributed by atoms with Crippen LogP contribution in [0.3, 0.4) is 0 Å². The fraction of sp³-hybridized carbons (Fsp3) is 0.364. The molecule has 5 nitrogen and oxygen atoms in total. The molecule has 1 heterocycles. The summed E-state index contributed by atoms with van der Waals surface area (Å²) in [5.74, 6) is -0.149. The van der Waals surface area contributed by atoms with E-state index < -0.39 is 0 Å². The largest absolute Gasteiger partial charge is 0.348 e. The number of nitrogens with zero attached hydrogens (tertiary/aromatic N) is 2. The van der Waals surface area contributed by atoms with E-state index in [1.54, 1.807) is 12.4 Å². The smallest absolute Gasteiger partial charge is 0.234 e. The first-order chi connectivity index (χ1) is 7.72. The van der Waals surface area contributed by atoms with E-state index in [-0.39, 0.29) is 19.0 Å². The molecule has 5 heteroatoms. The van der Waals surface area contributed by atoms with Gasteiger partial charge in [-0.3, -0.25) is 14.7 Å². The normalized spacial score (nSPS) is 10.1. The molecular formula is C11H15N3O2. The van der Waals surface area contributed by atoms with Crippen LogP contribution in [0.2, 0.25) is 0 Å². The van der Waals surface area contributed by atoms with Crippen LogP contribution >= 0.6 is 0 Å². The Hall–Kier alpha value is -1.75. The predicted octanol–water partition coefficient (Wildman–Crippen LogP) is -0.171. The van der Waals surface area contributed by atoms with Gasteiger partial charge in [-0.05, 0) is 24.7 Å². The summed E-state index contributed by atoms with van der Waals surface area (Å²) in [5, 5.41) is 2.49. The molecule has 1 amide bonds. The quantitative estimate of drug-likeness (QED) is 0.677. The number of likely N-dealkylation sites (N-methyl/N-ethyl adjacent to an activating group) is 1. The topological polar surface area (TPSA) is 62.3 Å². The molecule has 1 N–H and O–H groups in total. The lowest BCUT2D eigenvalue weighted by atomic mass is 10.2. The number of rotatable bonds is 6. The first kappa shape index (κ1) is 12.3. The maximum Gasteiger partial charge on any atom is 0.234 e. The molecule has 0 radical (unpaired) electrons. The number of nitrogens with one attached hydrogen (secondary N) is 1. The maximum atomic E-state index is 11.3. The highest BCUT2D eigenvalue weighted by molar-refractivity contribution is 5.80. The van der Waals surface area contributed by atoms with Gasteiger partial charge in [-0.15, -0.1) is 0 Å². The van der Waals surface area contributed by atoms with Crippen LogP contribution in [0, 0.1) is 0 Å². The zero-order valence-electron chi connectivity index (χ0n) is 9.22. The lowest BCUT2D eigenvalue weighted by molar-refractivity contribution is -0.123. The molecule has 0 saturated heterocycles. The monoisotopic (exact) mass is 221 g/mol.